The summed E-state index contributed by atoms with van der Waals surface area (Å²) < 4.78 is 5.61. The fourth-order valence-corrected chi connectivity index (χ4v) is 3.00. The molecule has 1 heterocycles. The van der Waals surface area contributed by atoms with Crippen LogP contribution < -0.4 is 10.1 Å². The van der Waals surface area contributed by atoms with E-state index in [9.17, 15) is 9.59 Å². The van der Waals surface area contributed by atoms with Crippen LogP contribution in [-0.2, 0) is 9.59 Å². The molecule has 5 nitrogen and oxygen atoms in total. The molecule has 0 aromatic heterocycles. The van der Waals surface area contributed by atoms with Crippen LogP contribution in [0.3, 0.4) is 0 Å². The molecular weight excluding hydrogens is 340 g/mol. The van der Waals surface area contributed by atoms with E-state index in [1.807, 2.05) is 75.4 Å². The van der Waals surface area contributed by atoms with Crippen molar-refractivity contribution < 1.29 is 14.3 Å². The molecule has 2 amide bonds. The van der Waals surface area contributed by atoms with Crippen LogP contribution in [0.2, 0.25) is 0 Å². The summed E-state index contributed by atoms with van der Waals surface area (Å²) in [5.74, 6) is 0.159. The third kappa shape index (κ3) is 3.87. The Morgan fingerprint density at radius 2 is 1.63 bits per heavy atom. The molecule has 2 aromatic carbocycles. The number of carbonyl (C=O) groups is 2. The number of ether oxygens (including phenoxy) is 1. The Morgan fingerprint density at radius 3 is 2.22 bits per heavy atom. The van der Waals surface area contributed by atoms with Crippen molar-refractivity contribution in [2.24, 2.45) is 0 Å². The molecule has 5 heteroatoms. The topological polar surface area (TPSA) is 58.6 Å². The smallest absolute Gasteiger partial charge is 0.278 e. The predicted molar refractivity (Wildman–Crippen MR) is 106 cm³/mol. The third-order valence-electron chi connectivity index (χ3n) is 4.29. The van der Waals surface area contributed by atoms with Gasteiger partial charge >= 0.3 is 0 Å². The first-order valence-electron chi connectivity index (χ1n) is 9.20. The van der Waals surface area contributed by atoms with Crippen LogP contribution in [0, 0.1) is 0 Å². The first-order valence-corrected chi connectivity index (χ1v) is 9.20. The molecule has 0 fully saturated rings. The number of hydrogen-bond donors (Lipinski definition) is 1. The van der Waals surface area contributed by atoms with Crippen LogP contribution in [-0.4, -0.2) is 29.4 Å². The minimum absolute atomic E-state index is 0.220. The molecule has 0 radical (unpaired) electrons. The molecule has 27 heavy (non-hydrogen) atoms. The highest BCUT2D eigenvalue weighted by Gasteiger charge is 2.40. The highest BCUT2D eigenvalue weighted by atomic mass is 16.5. The first-order chi connectivity index (χ1) is 13.0. The van der Waals surface area contributed by atoms with Gasteiger partial charge in [0.2, 0.25) is 0 Å². The van der Waals surface area contributed by atoms with E-state index in [1.54, 1.807) is 0 Å². The van der Waals surface area contributed by atoms with Gasteiger partial charge in [0.25, 0.3) is 11.8 Å². The van der Waals surface area contributed by atoms with Gasteiger partial charge in [-0.15, -0.1) is 0 Å². The average molecular weight is 364 g/mol. The highest BCUT2D eigenvalue weighted by Crippen LogP contribution is 2.32. The fourth-order valence-electron chi connectivity index (χ4n) is 3.00. The lowest BCUT2D eigenvalue weighted by molar-refractivity contribution is -0.138. The number of benzene rings is 2. The van der Waals surface area contributed by atoms with Crippen LogP contribution in [0.4, 0.5) is 5.69 Å². The summed E-state index contributed by atoms with van der Waals surface area (Å²) in [5.41, 5.74) is 2.15. The Labute approximate surface area is 159 Å². The molecule has 0 saturated carbocycles. The van der Waals surface area contributed by atoms with Crippen LogP contribution in [0.1, 0.15) is 32.8 Å². The Balaban J connectivity index is 2.00. The van der Waals surface area contributed by atoms with E-state index in [0.29, 0.717) is 23.4 Å². The summed E-state index contributed by atoms with van der Waals surface area (Å²) in [4.78, 5) is 27.2. The van der Waals surface area contributed by atoms with Crippen molar-refractivity contribution in [1.29, 1.82) is 0 Å². The summed E-state index contributed by atoms with van der Waals surface area (Å²) in [6.07, 6.45) is 0.925. The van der Waals surface area contributed by atoms with Gasteiger partial charge in [0.05, 0.1) is 12.2 Å². The zero-order chi connectivity index (χ0) is 19.4. The van der Waals surface area contributed by atoms with Crippen LogP contribution in [0.25, 0.3) is 5.57 Å². The van der Waals surface area contributed by atoms with Gasteiger partial charge in [-0.05, 0) is 50.1 Å². The van der Waals surface area contributed by atoms with Crippen molar-refractivity contribution in [2.45, 2.75) is 33.2 Å². The van der Waals surface area contributed by atoms with Gasteiger partial charge in [0, 0.05) is 11.7 Å². The van der Waals surface area contributed by atoms with E-state index in [1.165, 1.54) is 4.90 Å². The Hall–Kier alpha value is -3.08. The monoisotopic (exact) mass is 364 g/mol. The SMILES string of the molecule is CCCOc1ccc(C2=C(Nc3ccccc3)C(=O)N(C(C)C)C2=O)cc1. The number of nitrogens with one attached hydrogen (secondary N) is 1. The first kappa shape index (κ1) is 18.7. The van der Waals surface area contributed by atoms with Crippen molar-refractivity contribution in [1.82, 2.24) is 4.90 Å². The second-order valence-corrected chi connectivity index (χ2v) is 6.69. The molecule has 0 atom stereocenters. The second-order valence-electron chi connectivity index (χ2n) is 6.69. The fraction of sp³-hybridized carbons (Fsp3) is 0.273. The lowest BCUT2D eigenvalue weighted by Gasteiger charge is -2.19. The van der Waals surface area contributed by atoms with E-state index >= 15 is 0 Å². The molecule has 3 rings (SSSR count). The number of hydrogen-bond acceptors (Lipinski definition) is 4. The van der Waals surface area contributed by atoms with Crippen LogP contribution in [0.5, 0.6) is 5.75 Å². The standard InChI is InChI=1S/C22H24N2O3/c1-4-14-27-18-12-10-16(11-13-18)19-20(23-17-8-6-5-7-9-17)22(26)24(15(2)3)21(19)25/h5-13,15,23H,4,14H2,1-3H3. The lowest BCUT2D eigenvalue weighted by Crippen LogP contribution is -2.38. The van der Waals surface area contributed by atoms with Crippen molar-refractivity contribution >= 4 is 23.1 Å². The molecule has 0 bridgehead atoms. The zero-order valence-corrected chi connectivity index (χ0v) is 15.9. The molecule has 0 spiro atoms. The minimum atomic E-state index is -0.305. The van der Waals surface area contributed by atoms with Gasteiger partial charge in [0.15, 0.2) is 0 Å². The Morgan fingerprint density at radius 1 is 0.963 bits per heavy atom. The number of rotatable bonds is 7. The predicted octanol–water partition coefficient (Wildman–Crippen LogP) is 4.08. The van der Waals surface area contributed by atoms with Crippen LogP contribution >= 0.6 is 0 Å². The summed E-state index contributed by atoms with van der Waals surface area (Å²) >= 11 is 0. The summed E-state index contributed by atoms with van der Waals surface area (Å²) in [6.45, 7) is 6.35. The Bertz CT molecular complexity index is 855. The number of carbonyl (C=O) groups excluding carboxylic acids is 2. The second kappa shape index (κ2) is 8.08. The Kier molecular flexibility index (Phi) is 5.60. The normalized spacial score (nSPS) is 14.3. The molecule has 0 unspecified atom stereocenters. The van der Waals surface area contributed by atoms with Gasteiger partial charge in [-0.1, -0.05) is 37.3 Å². The molecule has 0 saturated heterocycles. The van der Waals surface area contributed by atoms with Gasteiger partial charge < -0.3 is 10.1 Å². The molecule has 2 aromatic rings. The van der Waals surface area contributed by atoms with Gasteiger partial charge in [-0.3, -0.25) is 14.5 Å². The molecule has 1 N–H and O–H groups in total. The maximum atomic E-state index is 13.0. The molecule has 140 valence electrons. The average Bonchev–Trinajstić information content (AvgIpc) is 2.91. The summed E-state index contributed by atoms with van der Waals surface area (Å²) in [7, 11) is 0. The quantitative estimate of drug-likeness (QED) is 0.752. The van der Waals surface area contributed by atoms with Crippen LogP contribution in [0.15, 0.2) is 60.3 Å². The van der Waals surface area contributed by atoms with Gasteiger partial charge in [0.1, 0.15) is 11.4 Å². The molecule has 1 aliphatic rings. The largest absolute Gasteiger partial charge is 0.494 e. The molecule has 0 aliphatic carbocycles. The van der Waals surface area contributed by atoms with E-state index in [-0.39, 0.29) is 17.9 Å². The van der Waals surface area contributed by atoms with E-state index in [2.05, 4.69) is 5.32 Å². The van der Waals surface area contributed by atoms with E-state index in [0.717, 1.165) is 17.9 Å². The van der Waals surface area contributed by atoms with E-state index in [4.69, 9.17) is 4.74 Å². The van der Waals surface area contributed by atoms with Gasteiger partial charge in [-0.25, -0.2) is 0 Å². The minimum Gasteiger partial charge on any atom is -0.494 e. The highest BCUT2D eigenvalue weighted by molar-refractivity contribution is 6.36. The maximum Gasteiger partial charge on any atom is 0.278 e. The summed E-state index contributed by atoms with van der Waals surface area (Å²) in [6, 6.07) is 16.5. The number of imide groups is 1. The van der Waals surface area contributed by atoms with Crippen molar-refractivity contribution in [3.63, 3.8) is 0 Å². The number of amides is 2. The van der Waals surface area contributed by atoms with Crippen molar-refractivity contribution in [2.75, 3.05) is 11.9 Å². The van der Waals surface area contributed by atoms with Crippen molar-refractivity contribution in [3.05, 3.63) is 65.9 Å². The lowest BCUT2D eigenvalue weighted by atomic mass is 10.0. The van der Waals surface area contributed by atoms with E-state index < -0.39 is 0 Å². The number of nitrogens with zero attached hydrogens (tertiary/aromatic N) is 1. The zero-order valence-electron chi connectivity index (χ0n) is 15.9. The van der Waals surface area contributed by atoms with Crippen molar-refractivity contribution in [3.8, 4) is 5.75 Å². The third-order valence-corrected chi connectivity index (χ3v) is 4.29. The van der Waals surface area contributed by atoms with Gasteiger partial charge in [-0.2, -0.15) is 0 Å². The summed E-state index contributed by atoms with van der Waals surface area (Å²) in [5, 5.41) is 3.14. The maximum absolute atomic E-state index is 13.0. The molecule has 1 aliphatic heterocycles. The number of para-hydroxylation sites is 1. The number of anilines is 1. The molecular formula is C22H24N2O3.